The Kier molecular flexibility index (Phi) is 5.04. The highest BCUT2D eigenvalue weighted by Crippen LogP contribution is 2.28. The molecule has 0 bridgehead atoms. The Labute approximate surface area is 140 Å². The molecule has 1 N–H and O–H groups in total. The van der Waals surface area contributed by atoms with Gasteiger partial charge in [-0.05, 0) is 23.9 Å². The van der Waals surface area contributed by atoms with E-state index < -0.39 is 21.9 Å². The van der Waals surface area contributed by atoms with Gasteiger partial charge in [0.15, 0.2) is 0 Å². The van der Waals surface area contributed by atoms with Gasteiger partial charge >= 0.3 is 5.97 Å². The van der Waals surface area contributed by atoms with Crippen LogP contribution in [0.15, 0.2) is 48.6 Å². The Morgan fingerprint density at radius 2 is 1.75 bits per heavy atom. The summed E-state index contributed by atoms with van der Waals surface area (Å²) in [5, 5.41) is 1.35. The van der Waals surface area contributed by atoms with Gasteiger partial charge in [-0.1, -0.05) is 36.9 Å². The molecule has 0 spiro atoms. The molecule has 0 aliphatic carbocycles. The lowest BCUT2D eigenvalue weighted by atomic mass is 10.0. The van der Waals surface area contributed by atoms with Gasteiger partial charge in [-0.15, -0.1) is 0 Å². The van der Waals surface area contributed by atoms with E-state index in [1.165, 1.54) is 0 Å². The van der Waals surface area contributed by atoms with Crippen LogP contribution in [0.4, 0.5) is 0 Å². The van der Waals surface area contributed by atoms with Gasteiger partial charge in [-0.2, -0.15) is 0 Å². The normalized spacial score (nSPS) is 11.1. The van der Waals surface area contributed by atoms with Gasteiger partial charge in [0.05, 0.1) is 12.7 Å². The first-order chi connectivity index (χ1) is 11.2. The van der Waals surface area contributed by atoms with Crippen LogP contribution in [0.1, 0.15) is 12.5 Å². The maximum absolute atomic E-state index is 11.8. The summed E-state index contributed by atoms with van der Waals surface area (Å²) in [4.78, 5) is 23.6. The number of ether oxygens (including phenoxy) is 1. The molecule has 0 unspecified atom stereocenters. The number of hydrogen-bond acceptors (Lipinski definition) is 5. The first kappa shape index (κ1) is 17.7. The van der Waals surface area contributed by atoms with Crippen molar-refractivity contribution in [2.75, 3.05) is 6.26 Å². The largest absolute Gasteiger partial charge is 0.423 e. The highest BCUT2D eigenvalue weighted by Gasteiger charge is 2.14. The Balaban J connectivity index is 2.38. The highest BCUT2D eigenvalue weighted by atomic mass is 32.2. The lowest BCUT2D eigenvalue weighted by Crippen LogP contribution is -2.30. The summed E-state index contributed by atoms with van der Waals surface area (Å²) in [6, 6.07) is 10.3. The summed E-state index contributed by atoms with van der Waals surface area (Å²) in [5.74, 6) is -0.817. The summed E-state index contributed by atoms with van der Waals surface area (Å²) < 4.78 is 29.5. The van der Waals surface area contributed by atoms with E-state index in [4.69, 9.17) is 4.74 Å². The Morgan fingerprint density at radius 3 is 2.38 bits per heavy atom. The highest BCUT2D eigenvalue weighted by molar-refractivity contribution is 7.89. The van der Waals surface area contributed by atoms with E-state index in [0.717, 1.165) is 6.26 Å². The third-order valence-corrected chi connectivity index (χ3v) is 3.77. The van der Waals surface area contributed by atoms with Crippen LogP contribution in [0.25, 0.3) is 10.8 Å². The van der Waals surface area contributed by atoms with Crippen molar-refractivity contribution in [1.29, 1.82) is 0 Å². The number of sulfonamides is 1. The number of carbonyl (C=O) groups is 2. The molecule has 7 heteroatoms. The van der Waals surface area contributed by atoms with E-state index in [1.54, 1.807) is 43.3 Å². The minimum absolute atomic E-state index is 0.109. The molecule has 0 heterocycles. The molecule has 1 amide bonds. The fourth-order valence-electron chi connectivity index (χ4n) is 2.19. The molecule has 24 heavy (non-hydrogen) atoms. The number of nitrogens with one attached hydrogen (secondary N) is 1. The Morgan fingerprint density at radius 1 is 1.12 bits per heavy atom. The summed E-state index contributed by atoms with van der Waals surface area (Å²) >= 11 is 0. The Hall–Kier alpha value is -2.67. The molecular weight excluding hydrogens is 330 g/mol. The van der Waals surface area contributed by atoms with Crippen LogP contribution in [0.5, 0.6) is 5.75 Å². The molecular formula is C17H17NO5S. The molecule has 0 aliphatic heterocycles. The molecule has 6 nitrogen and oxygen atoms in total. The zero-order valence-electron chi connectivity index (χ0n) is 13.3. The standard InChI is InChI=1S/C17H17NO5S/c1-11(2)17(20)23-15-9-5-7-13-12(6-4-8-14(13)15)10-16(19)18-24(3,21)22/h4-9H,1,10H2,2-3H3,(H,18,19). The van der Waals surface area contributed by atoms with Crippen molar-refractivity contribution in [3.05, 3.63) is 54.1 Å². The van der Waals surface area contributed by atoms with Gasteiger partial charge in [0.1, 0.15) is 5.75 Å². The summed E-state index contributed by atoms with van der Waals surface area (Å²) in [6.45, 7) is 5.09. The van der Waals surface area contributed by atoms with Gasteiger partial charge < -0.3 is 4.74 Å². The molecule has 2 rings (SSSR count). The van der Waals surface area contributed by atoms with Crippen molar-refractivity contribution >= 4 is 32.7 Å². The summed E-state index contributed by atoms with van der Waals surface area (Å²) in [6.07, 6.45) is 0.811. The second-order valence-electron chi connectivity index (χ2n) is 5.41. The first-order valence-electron chi connectivity index (χ1n) is 7.06. The van der Waals surface area contributed by atoms with Crippen molar-refractivity contribution in [2.45, 2.75) is 13.3 Å². The zero-order chi connectivity index (χ0) is 17.9. The lowest BCUT2D eigenvalue weighted by Gasteiger charge is -2.11. The van der Waals surface area contributed by atoms with Crippen LogP contribution in [0.3, 0.4) is 0 Å². The molecule has 0 aromatic heterocycles. The number of esters is 1. The lowest BCUT2D eigenvalue weighted by molar-refractivity contribution is -0.130. The van der Waals surface area contributed by atoms with Crippen molar-refractivity contribution in [3.63, 3.8) is 0 Å². The number of benzene rings is 2. The van der Waals surface area contributed by atoms with Crippen molar-refractivity contribution in [2.24, 2.45) is 0 Å². The minimum atomic E-state index is -3.61. The van der Waals surface area contributed by atoms with Crippen LogP contribution in [0, 0.1) is 0 Å². The van der Waals surface area contributed by atoms with E-state index in [0.29, 0.717) is 22.1 Å². The number of carbonyl (C=O) groups excluding carboxylic acids is 2. The monoisotopic (exact) mass is 347 g/mol. The van der Waals surface area contributed by atoms with Gasteiger partial charge in [0, 0.05) is 11.0 Å². The molecule has 0 saturated carbocycles. The molecule has 0 saturated heterocycles. The fraction of sp³-hybridized carbons (Fsp3) is 0.176. The third-order valence-electron chi connectivity index (χ3n) is 3.17. The van der Waals surface area contributed by atoms with Gasteiger partial charge in [-0.25, -0.2) is 13.2 Å². The van der Waals surface area contributed by atoms with Crippen LogP contribution < -0.4 is 9.46 Å². The first-order valence-corrected chi connectivity index (χ1v) is 8.95. The number of rotatable bonds is 5. The number of fused-ring (bicyclic) bond motifs is 1. The number of amides is 1. The molecule has 0 atom stereocenters. The summed E-state index contributed by atoms with van der Waals surface area (Å²) in [5.41, 5.74) is 0.901. The predicted molar refractivity (Wildman–Crippen MR) is 91.1 cm³/mol. The zero-order valence-corrected chi connectivity index (χ0v) is 14.1. The minimum Gasteiger partial charge on any atom is -0.423 e. The number of hydrogen-bond donors (Lipinski definition) is 1. The van der Waals surface area contributed by atoms with Crippen LogP contribution in [0.2, 0.25) is 0 Å². The van der Waals surface area contributed by atoms with E-state index in [2.05, 4.69) is 6.58 Å². The average Bonchev–Trinajstić information content (AvgIpc) is 2.46. The molecule has 126 valence electrons. The third kappa shape index (κ3) is 4.42. The maximum atomic E-state index is 11.8. The van der Waals surface area contributed by atoms with Crippen molar-refractivity contribution in [3.8, 4) is 5.75 Å². The second-order valence-corrected chi connectivity index (χ2v) is 7.16. The van der Waals surface area contributed by atoms with E-state index in [9.17, 15) is 18.0 Å². The van der Waals surface area contributed by atoms with E-state index >= 15 is 0 Å². The van der Waals surface area contributed by atoms with Crippen molar-refractivity contribution < 1.29 is 22.7 Å². The van der Waals surface area contributed by atoms with E-state index in [1.807, 2.05) is 4.72 Å². The van der Waals surface area contributed by atoms with Crippen molar-refractivity contribution in [1.82, 2.24) is 4.72 Å². The summed E-state index contributed by atoms with van der Waals surface area (Å²) in [7, 11) is -3.61. The quantitative estimate of drug-likeness (QED) is 0.507. The van der Waals surface area contributed by atoms with Crippen LogP contribution in [-0.2, 0) is 26.0 Å². The van der Waals surface area contributed by atoms with Gasteiger partial charge in [0.25, 0.3) is 0 Å². The predicted octanol–water partition coefficient (Wildman–Crippen LogP) is 1.94. The smallest absolute Gasteiger partial charge is 0.338 e. The Bertz CT molecular complexity index is 931. The molecule has 0 radical (unpaired) electrons. The molecule has 2 aromatic rings. The van der Waals surface area contributed by atoms with Gasteiger partial charge in [0.2, 0.25) is 15.9 Å². The molecule has 0 aliphatic rings. The fourth-order valence-corrected chi connectivity index (χ4v) is 2.68. The van der Waals surface area contributed by atoms with E-state index in [-0.39, 0.29) is 12.0 Å². The maximum Gasteiger partial charge on any atom is 0.338 e. The van der Waals surface area contributed by atoms with Crippen LogP contribution >= 0.6 is 0 Å². The van der Waals surface area contributed by atoms with Crippen LogP contribution in [-0.4, -0.2) is 26.6 Å². The average molecular weight is 347 g/mol. The SMILES string of the molecule is C=C(C)C(=O)Oc1cccc2c(CC(=O)NS(C)(=O)=O)cccc12. The van der Waals surface area contributed by atoms with Gasteiger partial charge in [-0.3, -0.25) is 9.52 Å². The molecule has 2 aromatic carbocycles. The molecule has 0 fully saturated rings. The second kappa shape index (κ2) is 6.84. The topological polar surface area (TPSA) is 89.5 Å².